The summed E-state index contributed by atoms with van der Waals surface area (Å²) >= 11 is 0. The predicted octanol–water partition coefficient (Wildman–Crippen LogP) is 2.35. The van der Waals surface area contributed by atoms with E-state index in [1.165, 1.54) is 0 Å². The van der Waals surface area contributed by atoms with E-state index in [1.54, 1.807) is 45.0 Å². The first kappa shape index (κ1) is 13.3. The molecule has 0 spiro atoms. The highest BCUT2D eigenvalue weighted by Gasteiger charge is 2.15. The number of phenols is 1. The highest BCUT2D eigenvalue weighted by Crippen LogP contribution is 2.11. The van der Waals surface area contributed by atoms with E-state index < -0.39 is 11.7 Å². The lowest BCUT2D eigenvalue weighted by Crippen LogP contribution is -2.32. The second-order valence-corrected chi connectivity index (χ2v) is 4.56. The Balaban J connectivity index is 2.31. The minimum atomic E-state index is -0.641. The molecule has 0 heterocycles. The molecule has 94 valence electrons. The van der Waals surface area contributed by atoms with Crippen LogP contribution in [0.3, 0.4) is 0 Å². The number of ether oxygens (including phenoxy) is 1. The molecule has 0 radical (unpaired) electrons. The van der Waals surface area contributed by atoms with Gasteiger partial charge in [-0.25, -0.2) is 4.79 Å². The van der Waals surface area contributed by atoms with E-state index in [0.717, 1.165) is 5.56 Å². The normalized spacial score (nSPS) is 11.0. The van der Waals surface area contributed by atoms with Gasteiger partial charge in [-0.05, 0) is 38.5 Å². The van der Waals surface area contributed by atoms with Crippen LogP contribution >= 0.6 is 0 Å². The van der Waals surface area contributed by atoms with E-state index in [9.17, 15) is 9.90 Å². The van der Waals surface area contributed by atoms with Crippen LogP contribution in [-0.2, 0) is 16.2 Å². The smallest absolute Gasteiger partial charge is 0.431 e. The van der Waals surface area contributed by atoms with Crippen molar-refractivity contribution in [3.63, 3.8) is 0 Å². The summed E-state index contributed by atoms with van der Waals surface area (Å²) in [7, 11) is 0. The molecule has 1 aromatic rings. The third-order valence-electron chi connectivity index (χ3n) is 1.70. The lowest BCUT2D eigenvalue weighted by Gasteiger charge is -2.19. The molecule has 5 nitrogen and oxygen atoms in total. The van der Waals surface area contributed by atoms with Gasteiger partial charge in [-0.1, -0.05) is 12.1 Å². The van der Waals surface area contributed by atoms with Crippen LogP contribution in [-0.4, -0.2) is 16.8 Å². The second kappa shape index (κ2) is 5.54. The van der Waals surface area contributed by atoms with Crippen molar-refractivity contribution in [2.24, 2.45) is 0 Å². The van der Waals surface area contributed by atoms with Crippen LogP contribution in [0.15, 0.2) is 24.3 Å². The Labute approximate surface area is 100 Å². The summed E-state index contributed by atoms with van der Waals surface area (Å²) in [6, 6.07) is 6.58. The van der Waals surface area contributed by atoms with Crippen molar-refractivity contribution >= 4 is 6.09 Å². The highest BCUT2D eigenvalue weighted by molar-refractivity contribution is 5.66. The molecule has 0 unspecified atom stereocenters. The van der Waals surface area contributed by atoms with Crippen molar-refractivity contribution in [2.45, 2.75) is 33.0 Å². The van der Waals surface area contributed by atoms with Crippen LogP contribution in [0.4, 0.5) is 4.79 Å². The van der Waals surface area contributed by atoms with Gasteiger partial charge in [0.2, 0.25) is 0 Å². The number of aromatic hydroxyl groups is 1. The molecule has 17 heavy (non-hydrogen) atoms. The third-order valence-corrected chi connectivity index (χ3v) is 1.70. The molecular formula is C12H17NO4. The molecule has 2 N–H and O–H groups in total. The van der Waals surface area contributed by atoms with Crippen molar-refractivity contribution in [3.05, 3.63) is 29.8 Å². The van der Waals surface area contributed by atoms with Gasteiger partial charge in [0.1, 0.15) is 18.0 Å². The zero-order valence-corrected chi connectivity index (χ0v) is 10.2. The molecule has 0 fully saturated rings. The van der Waals surface area contributed by atoms with Crippen LogP contribution in [0.25, 0.3) is 0 Å². The van der Waals surface area contributed by atoms with E-state index in [4.69, 9.17) is 9.57 Å². The number of hydrogen-bond donors (Lipinski definition) is 2. The number of phenolic OH excluding ortho intramolecular Hbond substituents is 1. The second-order valence-electron chi connectivity index (χ2n) is 4.56. The number of rotatable bonds is 3. The maximum atomic E-state index is 11.2. The molecule has 0 saturated heterocycles. The number of benzene rings is 1. The number of hydroxylamine groups is 1. The van der Waals surface area contributed by atoms with E-state index in [0.29, 0.717) is 0 Å². The summed E-state index contributed by atoms with van der Waals surface area (Å²) in [6.45, 7) is 5.46. The first-order valence-electron chi connectivity index (χ1n) is 5.25. The average Bonchev–Trinajstić information content (AvgIpc) is 2.14. The molecule has 1 aromatic carbocycles. The summed E-state index contributed by atoms with van der Waals surface area (Å²) in [5.74, 6) is 0.156. The maximum Gasteiger partial charge on any atom is 0.431 e. The molecule has 0 aliphatic carbocycles. The van der Waals surface area contributed by atoms with Gasteiger partial charge in [0.25, 0.3) is 0 Å². The van der Waals surface area contributed by atoms with Gasteiger partial charge in [0, 0.05) is 0 Å². The van der Waals surface area contributed by atoms with Crippen molar-refractivity contribution in [1.82, 2.24) is 5.48 Å². The SMILES string of the molecule is CC(C)(C)OC(=O)NOCc1cccc(O)c1. The lowest BCUT2D eigenvalue weighted by atomic mass is 10.2. The summed E-state index contributed by atoms with van der Waals surface area (Å²) in [4.78, 5) is 16.2. The monoisotopic (exact) mass is 239 g/mol. The zero-order chi connectivity index (χ0) is 12.9. The van der Waals surface area contributed by atoms with Gasteiger partial charge in [-0.15, -0.1) is 0 Å². The Kier molecular flexibility index (Phi) is 4.34. The minimum absolute atomic E-state index is 0.156. The third kappa shape index (κ3) is 5.77. The number of carbonyl (C=O) groups is 1. The molecule has 1 rings (SSSR count). The first-order chi connectivity index (χ1) is 7.87. The lowest BCUT2D eigenvalue weighted by molar-refractivity contribution is -0.0137. The Morgan fingerprint density at radius 3 is 2.71 bits per heavy atom. The van der Waals surface area contributed by atoms with E-state index in [1.807, 2.05) is 0 Å². The van der Waals surface area contributed by atoms with Gasteiger partial charge in [0.05, 0.1) is 0 Å². The number of hydrogen-bond acceptors (Lipinski definition) is 4. The zero-order valence-electron chi connectivity index (χ0n) is 10.2. The van der Waals surface area contributed by atoms with Gasteiger partial charge < -0.3 is 9.84 Å². The number of nitrogens with one attached hydrogen (secondary N) is 1. The van der Waals surface area contributed by atoms with Gasteiger partial charge in [-0.2, -0.15) is 5.48 Å². The molecule has 0 aromatic heterocycles. The summed E-state index contributed by atoms with van der Waals surface area (Å²) in [6.07, 6.45) is -0.641. The fraction of sp³-hybridized carbons (Fsp3) is 0.417. The van der Waals surface area contributed by atoms with Gasteiger partial charge in [0.15, 0.2) is 0 Å². The summed E-state index contributed by atoms with van der Waals surface area (Å²) < 4.78 is 4.97. The molecule has 0 atom stereocenters. The largest absolute Gasteiger partial charge is 0.508 e. The summed E-state index contributed by atoms with van der Waals surface area (Å²) in [5.41, 5.74) is 2.36. The molecule has 0 aliphatic heterocycles. The molecule has 0 saturated carbocycles. The van der Waals surface area contributed by atoms with Crippen molar-refractivity contribution in [2.75, 3.05) is 0 Å². The fourth-order valence-electron chi connectivity index (χ4n) is 1.12. The quantitative estimate of drug-likeness (QED) is 0.794. The van der Waals surface area contributed by atoms with Crippen LogP contribution in [0, 0.1) is 0 Å². The van der Waals surface area contributed by atoms with Crippen LogP contribution < -0.4 is 5.48 Å². The Morgan fingerprint density at radius 1 is 1.41 bits per heavy atom. The number of amides is 1. The molecule has 1 amide bonds. The minimum Gasteiger partial charge on any atom is -0.508 e. The molecule has 5 heteroatoms. The van der Waals surface area contributed by atoms with Gasteiger partial charge in [-0.3, -0.25) is 4.84 Å². The van der Waals surface area contributed by atoms with Gasteiger partial charge >= 0.3 is 6.09 Å². The maximum absolute atomic E-state index is 11.2. The highest BCUT2D eigenvalue weighted by atomic mass is 16.7. The molecular weight excluding hydrogens is 222 g/mol. The molecule has 0 bridgehead atoms. The summed E-state index contributed by atoms with van der Waals surface area (Å²) in [5, 5.41) is 9.21. The predicted molar refractivity (Wildman–Crippen MR) is 62.3 cm³/mol. The average molecular weight is 239 g/mol. The van der Waals surface area contributed by atoms with Crippen LogP contribution in [0.1, 0.15) is 26.3 Å². The van der Waals surface area contributed by atoms with Crippen LogP contribution in [0.2, 0.25) is 0 Å². The van der Waals surface area contributed by atoms with E-state index >= 15 is 0 Å². The Morgan fingerprint density at radius 2 is 2.12 bits per heavy atom. The number of carbonyl (C=O) groups excluding carboxylic acids is 1. The van der Waals surface area contributed by atoms with E-state index in [-0.39, 0.29) is 12.4 Å². The van der Waals surface area contributed by atoms with Crippen LogP contribution in [0.5, 0.6) is 5.75 Å². The van der Waals surface area contributed by atoms with E-state index in [2.05, 4.69) is 5.48 Å². The Hall–Kier alpha value is -1.75. The van der Waals surface area contributed by atoms with Crippen molar-refractivity contribution in [1.29, 1.82) is 0 Å². The molecule has 0 aliphatic rings. The first-order valence-corrected chi connectivity index (χ1v) is 5.25. The van der Waals surface area contributed by atoms with Crippen molar-refractivity contribution < 1.29 is 19.5 Å². The topological polar surface area (TPSA) is 67.8 Å². The Bertz CT molecular complexity index is 384. The van der Waals surface area contributed by atoms with Crippen molar-refractivity contribution in [3.8, 4) is 5.75 Å². The standard InChI is InChI=1S/C12H17NO4/c1-12(2,3)17-11(15)13-16-8-9-5-4-6-10(14)7-9/h4-7,14H,8H2,1-3H3,(H,13,15). The fourth-order valence-corrected chi connectivity index (χ4v) is 1.12.